The molecular weight excluding hydrogens is 418 g/mol. The van der Waals surface area contributed by atoms with Gasteiger partial charge in [-0.2, -0.15) is 0 Å². The van der Waals surface area contributed by atoms with Crippen molar-refractivity contribution in [1.29, 1.82) is 0 Å². The van der Waals surface area contributed by atoms with Crippen molar-refractivity contribution in [3.05, 3.63) is 0 Å². The highest BCUT2D eigenvalue weighted by atomic mass is 16.4. The molecule has 0 aliphatic carbocycles. The van der Waals surface area contributed by atoms with Crippen LogP contribution in [-0.2, 0) is 28.8 Å². The van der Waals surface area contributed by atoms with E-state index in [1.807, 2.05) is 0 Å². The van der Waals surface area contributed by atoms with Crippen LogP contribution in [0.2, 0.25) is 0 Å². The maximum absolute atomic E-state index is 12.5. The van der Waals surface area contributed by atoms with E-state index in [0.29, 0.717) is 0 Å². The Labute approximate surface area is 177 Å². The monoisotopic (exact) mass is 447 g/mol. The van der Waals surface area contributed by atoms with E-state index in [4.69, 9.17) is 21.7 Å². The molecule has 176 valence electrons. The number of carbonyl (C=O) groups excluding carboxylic acids is 4. The summed E-state index contributed by atoms with van der Waals surface area (Å²) < 4.78 is 0. The second kappa shape index (κ2) is 13.1. The highest BCUT2D eigenvalue weighted by Crippen LogP contribution is 2.03. The number of hydrogen-bond acceptors (Lipinski definition) is 8. The zero-order valence-electron chi connectivity index (χ0n) is 17.2. The van der Waals surface area contributed by atoms with Gasteiger partial charge in [-0.05, 0) is 26.7 Å². The largest absolute Gasteiger partial charge is 0.481 e. The number of amides is 4. The van der Waals surface area contributed by atoms with Crippen molar-refractivity contribution >= 4 is 35.6 Å². The van der Waals surface area contributed by atoms with Crippen molar-refractivity contribution in [3.63, 3.8) is 0 Å². The van der Waals surface area contributed by atoms with Gasteiger partial charge in [0, 0.05) is 12.8 Å². The molecule has 0 spiro atoms. The van der Waals surface area contributed by atoms with Gasteiger partial charge >= 0.3 is 11.9 Å². The number of nitrogens with one attached hydrogen (secondary N) is 3. The van der Waals surface area contributed by atoms with Gasteiger partial charge in [0.1, 0.15) is 18.1 Å². The molecule has 14 nitrogen and oxygen atoms in total. The van der Waals surface area contributed by atoms with Crippen LogP contribution in [-0.4, -0.2) is 81.2 Å². The molecule has 31 heavy (non-hydrogen) atoms. The van der Waals surface area contributed by atoms with Crippen LogP contribution in [0.3, 0.4) is 0 Å². The third-order valence-corrected chi connectivity index (χ3v) is 4.11. The number of hydrogen-bond donors (Lipinski definition) is 8. The van der Waals surface area contributed by atoms with Gasteiger partial charge in [-0.1, -0.05) is 0 Å². The van der Waals surface area contributed by atoms with Crippen LogP contribution in [0.1, 0.15) is 39.5 Å². The number of carboxylic acid groups (broad SMARTS) is 2. The summed E-state index contributed by atoms with van der Waals surface area (Å²) in [7, 11) is 0. The second-order valence-electron chi connectivity index (χ2n) is 6.90. The summed E-state index contributed by atoms with van der Waals surface area (Å²) in [5.74, 6) is -6.16. The molecular formula is C17H29N5O9. The first kappa shape index (κ1) is 27.7. The first-order chi connectivity index (χ1) is 14.3. The lowest BCUT2D eigenvalue weighted by molar-refractivity contribution is -0.142. The fourth-order valence-corrected chi connectivity index (χ4v) is 2.27. The van der Waals surface area contributed by atoms with E-state index in [1.54, 1.807) is 0 Å². The van der Waals surface area contributed by atoms with Gasteiger partial charge in [0.25, 0.3) is 0 Å². The Morgan fingerprint density at radius 1 is 0.839 bits per heavy atom. The molecule has 0 bridgehead atoms. The number of aliphatic hydroxyl groups is 1. The molecule has 4 amide bonds. The molecule has 14 heteroatoms. The quantitative estimate of drug-likeness (QED) is 0.130. The van der Waals surface area contributed by atoms with E-state index in [0.717, 1.165) is 0 Å². The Kier molecular flexibility index (Phi) is 11.7. The highest BCUT2D eigenvalue weighted by Gasteiger charge is 2.32. The number of aliphatic carboxylic acids is 2. The van der Waals surface area contributed by atoms with Gasteiger partial charge in [0.2, 0.25) is 23.6 Å². The van der Waals surface area contributed by atoms with Gasteiger partial charge < -0.3 is 42.7 Å². The van der Waals surface area contributed by atoms with Crippen LogP contribution in [0.15, 0.2) is 0 Å². The average molecular weight is 447 g/mol. The Hall–Kier alpha value is -3.26. The number of carboxylic acids is 2. The van der Waals surface area contributed by atoms with Crippen molar-refractivity contribution < 1.29 is 44.1 Å². The lowest BCUT2D eigenvalue weighted by Gasteiger charge is -2.26. The minimum Gasteiger partial charge on any atom is -0.481 e. The smallest absolute Gasteiger partial charge is 0.325 e. The molecule has 0 radical (unpaired) electrons. The van der Waals surface area contributed by atoms with Gasteiger partial charge in [-0.25, -0.2) is 0 Å². The summed E-state index contributed by atoms with van der Waals surface area (Å²) in [6, 6.07) is -5.53. The Morgan fingerprint density at radius 3 is 1.87 bits per heavy atom. The fourth-order valence-electron chi connectivity index (χ4n) is 2.27. The van der Waals surface area contributed by atoms with Crippen molar-refractivity contribution in [2.24, 2.45) is 11.5 Å². The molecule has 0 aromatic heterocycles. The van der Waals surface area contributed by atoms with Crippen LogP contribution >= 0.6 is 0 Å². The molecule has 10 N–H and O–H groups in total. The maximum atomic E-state index is 12.5. The minimum atomic E-state index is -1.57. The molecule has 0 saturated carbocycles. The Balaban J connectivity index is 5.29. The molecule has 0 aromatic carbocycles. The van der Waals surface area contributed by atoms with Gasteiger partial charge in [-0.15, -0.1) is 0 Å². The van der Waals surface area contributed by atoms with E-state index in [1.165, 1.54) is 13.8 Å². The topological polar surface area (TPSA) is 251 Å². The Bertz CT molecular complexity index is 697. The maximum Gasteiger partial charge on any atom is 0.325 e. The lowest BCUT2D eigenvalue weighted by Crippen LogP contribution is -2.59. The number of nitrogens with two attached hydrogens (primary N) is 2. The van der Waals surface area contributed by atoms with Crippen molar-refractivity contribution in [3.8, 4) is 0 Å². The standard InChI is InChI=1S/C17H29N5O9/c1-7(17(30)31)20-15(28)10(4-6-12(25)26)21-16(29)13(8(2)23)22-14(27)9(18)3-5-11(19)24/h7-10,13,23H,3-6,18H2,1-2H3,(H2,19,24)(H,20,28)(H,21,29)(H,22,27)(H,25,26)(H,30,31). The predicted molar refractivity (Wildman–Crippen MR) is 104 cm³/mol. The minimum absolute atomic E-state index is 0.105. The number of primary amides is 1. The molecule has 0 aliphatic heterocycles. The molecule has 0 rings (SSSR count). The third-order valence-electron chi connectivity index (χ3n) is 4.11. The molecule has 0 aliphatic rings. The van der Waals surface area contributed by atoms with E-state index in [2.05, 4.69) is 16.0 Å². The van der Waals surface area contributed by atoms with E-state index >= 15 is 0 Å². The molecule has 5 unspecified atom stereocenters. The average Bonchev–Trinajstić information content (AvgIpc) is 2.65. The van der Waals surface area contributed by atoms with E-state index in [-0.39, 0.29) is 19.3 Å². The zero-order chi connectivity index (χ0) is 24.3. The second-order valence-corrected chi connectivity index (χ2v) is 6.90. The Morgan fingerprint density at radius 2 is 1.42 bits per heavy atom. The van der Waals surface area contributed by atoms with Crippen LogP contribution in [0.5, 0.6) is 0 Å². The van der Waals surface area contributed by atoms with Crippen molar-refractivity contribution in [2.45, 2.75) is 69.8 Å². The highest BCUT2D eigenvalue weighted by molar-refractivity contribution is 5.94. The molecule has 0 fully saturated rings. The summed E-state index contributed by atoms with van der Waals surface area (Å²) in [5.41, 5.74) is 10.6. The summed E-state index contributed by atoms with van der Waals surface area (Å²) >= 11 is 0. The normalized spacial score (nSPS) is 15.5. The lowest BCUT2D eigenvalue weighted by atomic mass is 10.1. The van der Waals surface area contributed by atoms with Gasteiger partial charge in [0.15, 0.2) is 0 Å². The number of rotatable bonds is 14. The molecule has 5 atom stereocenters. The van der Waals surface area contributed by atoms with E-state index in [9.17, 15) is 33.9 Å². The fraction of sp³-hybridized carbons (Fsp3) is 0.647. The summed E-state index contributed by atoms with van der Waals surface area (Å²) in [4.78, 5) is 69.5. The predicted octanol–water partition coefficient (Wildman–Crippen LogP) is -3.62. The van der Waals surface area contributed by atoms with Crippen molar-refractivity contribution in [2.75, 3.05) is 0 Å². The zero-order valence-corrected chi connectivity index (χ0v) is 17.2. The number of carbonyl (C=O) groups is 6. The first-order valence-corrected chi connectivity index (χ1v) is 9.33. The van der Waals surface area contributed by atoms with Crippen molar-refractivity contribution in [1.82, 2.24) is 16.0 Å². The van der Waals surface area contributed by atoms with Crippen LogP contribution < -0.4 is 27.4 Å². The van der Waals surface area contributed by atoms with Gasteiger partial charge in [0.05, 0.1) is 12.1 Å². The summed E-state index contributed by atoms with van der Waals surface area (Å²) in [6.45, 7) is 2.35. The third kappa shape index (κ3) is 10.9. The molecule has 0 aromatic rings. The van der Waals surface area contributed by atoms with E-state index < -0.39 is 72.3 Å². The SMILES string of the molecule is CC(NC(=O)C(CCC(=O)O)NC(=O)C(NC(=O)C(N)CCC(N)=O)C(C)O)C(=O)O. The first-order valence-electron chi connectivity index (χ1n) is 9.33. The number of aliphatic hydroxyl groups excluding tert-OH is 1. The molecule has 0 heterocycles. The van der Waals surface area contributed by atoms with Crippen LogP contribution in [0, 0.1) is 0 Å². The van der Waals surface area contributed by atoms with Crippen LogP contribution in [0.4, 0.5) is 0 Å². The van der Waals surface area contributed by atoms with Crippen LogP contribution in [0.25, 0.3) is 0 Å². The summed E-state index contributed by atoms with van der Waals surface area (Å²) in [6.07, 6.45) is -2.62. The van der Waals surface area contributed by atoms with Gasteiger partial charge in [-0.3, -0.25) is 28.8 Å². The summed E-state index contributed by atoms with van der Waals surface area (Å²) in [5, 5.41) is 34.1. The molecule has 0 saturated heterocycles.